The zero-order valence-corrected chi connectivity index (χ0v) is 28.0. The van der Waals surface area contributed by atoms with Crippen LogP contribution in [0.25, 0.3) is 0 Å². The average molecular weight is 601 g/mol. The van der Waals surface area contributed by atoms with Gasteiger partial charge in [0.2, 0.25) is 0 Å². The van der Waals surface area contributed by atoms with Crippen molar-refractivity contribution in [1.82, 2.24) is 0 Å². The first-order valence-corrected chi connectivity index (χ1v) is 18.7. The molecule has 1 N–H and O–H groups in total. The van der Waals surface area contributed by atoms with Gasteiger partial charge >= 0.3 is 11.9 Å². The first-order valence-electron chi connectivity index (χ1n) is 18.7. The normalized spacial score (nSPS) is 11.2. The number of carbonyl (C=O) groups excluding carboxylic acids is 1. The molecule has 0 aliphatic rings. The molecule has 1 aromatic rings. The van der Waals surface area contributed by atoms with Crippen molar-refractivity contribution in [3.05, 3.63) is 30.3 Å². The first kappa shape index (κ1) is 39.2. The third-order valence-corrected chi connectivity index (χ3v) is 8.75. The second-order valence-corrected chi connectivity index (χ2v) is 12.9. The molecule has 0 aliphatic carbocycles. The summed E-state index contributed by atoms with van der Waals surface area (Å²) in [6.07, 6.45) is 39.5. The van der Waals surface area contributed by atoms with E-state index in [1.807, 2.05) is 30.3 Å². The Bertz CT molecular complexity index is 732. The zero-order chi connectivity index (χ0) is 30.9. The van der Waals surface area contributed by atoms with Gasteiger partial charge in [0.15, 0.2) is 0 Å². The van der Waals surface area contributed by atoms with E-state index in [2.05, 4.69) is 0 Å². The maximum Gasteiger partial charge on any atom is 0.311 e. The molecule has 0 bridgehead atoms. The van der Waals surface area contributed by atoms with Crippen LogP contribution in [0.15, 0.2) is 30.3 Å². The van der Waals surface area contributed by atoms with Crippen LogP contribution in [0.4, 0.5) is 0 Å². The Morgan fingerprint density at radius 2 is 0.651 bits per heavy atom. The summed E-state index contributed by atoms with van der Waals surface area (Å²) in [6, 6.07) is 9.36. The minimum atomic E-state index is -0.655. The fraction of sp³-hybridized carbons (Fsp3) is 0.795. The van der Waals surface area contributed by atoms with Gasteiger partial charge in [-0.1, -0.05) is 192 Å². The molecule has 0 heterocycles. The summed E-state index contributed by atoms with van der Waals surface area (Å²) >= 11 is 0. The van der Waals surface area contributed by atoms with E-state index in [9.17, 15) is 9.59 Å². The molecule has 0 radical (unpaired) electrons. The van der Waals surface area contributed by atoms with E-state index in [0.717, 1.165) is 25.7 Å². The molecule has 0 unspecified atom stereocenters. The van der Waals surface area contributed by atoms with Crippen molar-refractivity contribution < 1.29 is 19.4 Å². The van der Waals surface area contributed by atoms with Gasteiger partial charge in [-0.05, 0) is 25.0 Å². The minimum absolute atomic E-state index is 0.109. The van der Waals surface area contributed by atoms with E-state index >= 15 is 0 Å². The van der Waals surface area contributed by atoms with E-state index in [4.69, 9.17) is 9.84 Å². The molecule has 4 heteroatoms. The Kier molecular flexibility index (Phi) is 28.8. The lowest BCUT2D eigenvalue weighted by molar-refractivity contribution is -0.137. The van der Waals surface area contributed by atoms with Crippen molar-refractivity contribution in [1.29, 1.82) is 0 Å². The summed E-state index contributed by atoms with van der Waals surface area (Å²) in [5, 5.41) is 8.64. The van der Waals surface area contributed by atoms with Gasteiger partial charge in [0.1, 0.15) is 5.75 Å². The van der Waals surface area contributed by atoms with Crippen LogP contribution >= 0.6 is 0 Å². The molecule has 4 nitrogen and oxygen atoms in total. The minimum Gasteiger partial charge on any atom is -0.481 e. The smallest absolute Gasteiger partial charge is 0.311 e. The molecule has 43 heavy (non-hydrogen) atoms. The largest absolute Gasteiger partial charge is 0.481 e. The lowest BCUT2D eigenvalue weighted by Gasteiger charge is -2.05. The summed E-state index contributed by atoms with van der Waals surface area (Å²) < 4.78 is 5.34. The van der Waals surface area contributed by atoms with Gasteiger partial charge in [0, 0.05) is 12.8 Å². The molecule has 1 rings (SSSR count). The number of benzene rings is 1. The fourth-order valence-electron chi connectivity index (χ4n) is 5.99. The first-order chi connectivity index (χ1) is 21.2. The molecule has 0 fully saturated rings. The second kappa shape index (κ2) is 31.6. The maximum atomic E-state index is 11.8. The van der Waals surface area contributed by atoms with Crippen molar-refractivity contribution in [2.24, 2.45) is 0 Å². The highest BCUT2D eigenvalue weighted by atomic mass is 16.5. The number of hydrogen-bond acceptors (Lipinski definition) is 3. The lowest BCUT2D eigenvalue weighted by Crippen LogP contribution is -2.07. The summed E-state index contributed by atoms with van der Waals surface area (Å²) in [7, 11) is 0. The molecule has 0 saturated carbocycles. The van der Waals surface area contributed by atoms with Crippen LogP contribution in [0.5, 0.6) is 5.75 Å². The molecule has 0 aliphatic heterocycles. The highest BCUT2D eigenvalue weighted by molar-refractivity contribution is 5.72. The van der Waals surface area contributed by atoms with Gasteiger partial charge in [-0.2, -0.15) is 0 Å². The second-order valence-electron chi connectivity index (χ2n) is 12.9. The number of carboxylic acids is 1. The van der Waals surface area contributed by atoms with E-state index in [0.29, 0.717) is 18.6 Å². The number of carbonyl (C=O) groups is 2. The summed E-state index contributed by atoms with van der Waals surface area (Å²) in [6.45, 7) is 0. The number of para-hydroxylation sites is 1. The molecule has 0 atom stereocenters. The number of ether oxygens (including phenoxy) is 1. The van der Waals surface area contributed by atoms with Gasteiger partial charge in [-0.15, -0.1) is 0 Å². The van der Waals surface area contributed by atoms with E-state index in [1.54, 1.807) is 0 Å². The lowest BCUT2D eigenvalue weighted by atomic mass is 10.0. The topological polar surface area (TPSA) is 63.6 Å². The van der Waals surface area contributed by atoms with Crippen LogP contribution in [0.3, 0.4) is 0 Å². The molecule has 0 aromatic heterocycles. The quantitative estimate of drug-likeness (QED) is 0.0495. The van der Waals surface area contributed by atoms with Crippen molar-refractivity contribution in [3.8, 4) is 5.75 Å². The Hall–Kier alpha value is -1.84. The number of carboxylic acid groups (broad SMARTS) is 1. The average Bonchev–Trinajstić information content (AvgIpc) is 3.00. The van der Waals surface area contributed by atoms with Crippen molar-refractivity contribution in [2.75, 3.05) is 0 Å². The number of rotatable bonds is 33. The highest BCUT2D eigenvalue weighted by Gasteiger charge is 2.04. The summed E-state index contributed by atoms with van der Waals surface area (Å²) in [4.78, 5) is 22.3. The van der Waals surface area contributed by atoms with Crippen molar-refractivity contribution in [3.63, 3.8) is 0 Å². The number of esters is 1. The van der Waals surface area contributed by atoms with E-state index < -0.39 is 5.97 Å². The summed E-state index contributed by atoms with van der Waals surface area (Å²) in [5.74, 6) is -0.115. The fourth-order valence-corrected chi connectivity index (χ4v) is 5.99. The maximum absolute atomic E-state index is 11.8. The predicted molar refractivity (Wildman–Crippen MR) is 183 cm³/mol. The van der Waals surface area contributed by atoms with Crippen molar-refractivity contribution in [2.45, 2.75) is 199 Å². The summed E-state index contributed by atoms with van der Waals surface area (Å²) in [5.41, 5.74) is 0. The zero-order valence-electron chi connectivity index (χ0n) is 28.0. The van der Waals surface area contributed by atoms with Gasteiger partial charge in [0.25, 0.3) is 0 Å². The number of aliphatic carboxylic acids is 1. The molecular formula is C39H68O4. The Labute approximate surface area is 266 Å². The SMILES string of the molecule is O=C(O)CCCCCCCCCCCCCCCCCCCCCCCCCCCCCCCC(=O)Oc1ccccc1. The van der Waals surface area contributed by atoms with Crippen LogP contribution in [0, 0.1) is 0 Å². The van der Waals surface area contributed by atoms with Crippen LogP contribution in [0.1, 0.15) is 199 Å². The molecule has 0 saturated heterocycles. The van der Waals surface area contributed by atoms with Crippen molar-refractivity contribution >= 4 is 11.9 Å². The number of unbranched alkanes of at least 4 members (excludes halogenated alkanes) is 28. The Balaban J connectivity index is 1.65. The molecule has 0 amide bonds. The third-order valence-electron chi connectivity index (χ3n) is 8.75. The standard InChI is InChI=1S/C39H68O4/c40-38(41)35-31-26-24-22-20-18-16-14-12-10-8-6-4-2-1-3-5-7-9-11-13-15-17-19-21-23-25-27-32-36-39(42)43-37-33-29-28-30-34-37/h28-30,33-34H,1-27,31-32,35-36H2,(H,40,41). The van der Waals surface area contributed by atoms with E-state index in [1.165, 1.54) is 161 Å². The van der Waals surface area contributed by atoms with Gasteiger partial charge in [-0.25, -0.2) is 0 Å². The molecule has 1 aromatic carbocycles. The van der Waals surface area contributed by atoms with Gasteiger partial charge in [-0.3, -0.25) is 9.59 Å². The third kappa shape index (κ3) is 30.0. The van der Waals surface area contributed by atoms with E-state index in [-0.39, 0.29) is 5.97 Å². The Morgan fingerprint density at radius 3 is 0.930 bits per heavy atom. The number of hydrogen-bond donors (Lipinski definition) is 1. The highest BCUT2D eigenvalue weighted by Crippen LogP contribution is 2.17. The molecular weight excluding hydrogens is 532 g/mol. The van der Waals surface area contributed by atoms with Crippen LogP contribution in [-0.4, -0.2) is 17.0 Å². The van der Waals surface area contributed by atoms with Gasteiger partial charge < -0.3 is 9.84 Å². The molecule has 0 spiro atoms. The van der Waals surface area contributed by atoms with Crippen LogP contribution < -0.4 is 4.74 Å². The monoisotopic (exact) mass is 601 g/mol. The predicted octanol–water partition coefficient (Wildman–Crippen LogP) is 12.8. The van der Waals surface area contributed by atoms with Crippen LogP contribution in [0.2, 0.25) is 0 Å². The Morgan fingerprint density at radius 1 is 0.395 bits per heavy atom. The van der Waals surface area contributed by atoms with Gasteiger partial charge in [0.05, 0.1) is 0 Å². The molecule has 248 valence electrons. The van der Waals surface area contributed by atoms with Crippen LogP contribution in [-0.2, 0) is 9.59 Å².